The highest BCUT2D eigenvalue weighted by Crippen LogP contribution is 2.32. The van der Waals surface area contributed by atoms with E-state index in [0.29, 0.717) is 28.2 Å². The van der Waals surface area contributed by atoms with Gasteiger partial charge >= 0.3 is 5.69 Å². The van der Waals surface area contributed by atoms with Crippen LogP contribution >= 0.6 is 34.8 Å². The number of halogens is 4. The fraction of sp³-hybridized carbons (Fsp3) is 0.435. The van der Waals surface area contributed by atoms with Crippen molar-refractivity contribution in [2.45, 2.75) is 32.0 Å². The molecule has 4 rings (SSSR count). The van der Waals surface area contributed by atoms with Gasteiger partial charge in [-0.05, 0) is 56.8 Å². The van der Waals surface area contributed by atoms with Crippen LogP contribution in [0.1, 0.15) is 24.4 Å². The number of fused-ring (bicyclic) bond motifs is 1. The maximum absolute atomic E-state index is 13.4. The van der Waals surface area contributed by atoms with Crippen LogP contribution in [0.2, 0.25) is 15.1 Å². The Hall–Kier alpha value is -1.57. The average Bonchev–Trinajstić information content (AvgIpc) is 3.00. The van der Waals surface area contributed by atoms with E-state index in [9.17, 15) is 9.18 Å². The molecule has 1 fully saturated rings. The van der Waals surface area contributed by atoms with Crippen LogP contribution in [0.15, 0.2) is 35.1 Å². The number of aromatic nitrogens is 2. The van der Waals surface area contributed by atoms with Gasteiger partial charge in [-0.1, -0.05) is 40.9 Å². The molecule has 1 aliphatic rings. The van der Waals surface area contributed by atoms with E-state index in [0.717, 1.165) is 49.1 Å². The molecule has 1 aliphatic heterocycles. The number of benzene rings is 2. The van der Waals surface area contributed by atoms with Gasteiger partial charge in [0.15, 0.2) is 0 Å². The summed E-state index contributed by atoms with van der Waals surface area (Å²) in [4.78, 5) is 17.8. The average molecular weight is 500 g/mol. The molecule has 0 atom stereocenters. The van der Waals surface area contributed by atoms with E-state index in [1.807, 2.05) is 23.6 Å². The molecule has 172 valence electrons. The predicted molar refractivity (Wildman–Crippen MR) is 130 cm³/mol. The quantitative estimate of drug-likeness (QED) is 0.461. The van der Waals surface area contributed by atoms with E-state index in [1.54, 1.807) is 22.8 Å². The summed E-state index contributed by atoms with van der Waals surface area (Å²) in [5.74, 6) is -0.332. The van der Waals surface area contributed by atoms with Gasteiger partial charge in [-0.3, -0.25) is 14.0 Å². The third-order valence-corrected chi connectivity index (χ3v) is 7.18. The summed E-state index contributed by atoms with van der Waals surface area (Å²) in [6, 6.07) is 8.18. The molecule has 1 aromatic heterocycles. The van der Waals surface area contributed by atoms with Gasteiger partial charge in [0.05, 0.1) is 21.1 Å². The second-order valence-corrected chi connectivity index (χ2v) is 9.83. The van der Waals surface area contributed by atoms with E-state index in [-0.39, 0.29) is 17.5 Å². The number of piperidine rings is 1. The van der Waals surface area contributed by atoms with Crippen molar-refractivity contribution in [1.82, 2.24) is 18.9 Å². The van der Waals surface area contributed by atoms with Gasteiger partial charge in [0.1, 0.15) is 5.82 Å². The first-order chi connectivity index (χ1) is 15.2. The van der Waals surface area contributed by atoms with Crippen molar-refractivity contribution in [2.75, 3.05) is 33.7 Å². The smallest absolute Gasteiger partial charge is 0.308 e. The van der Waals surface area contributed by atoms with Crippen molar-refractivity contribution in [3.63, 3.8) is 0 Å². The third kappa shape index (κ3) is 4.85. The maximum Gasteiger partial charge on any atom is 0.329 e. The summed E-state index contributed by atoms with van der Waals surface area (Å²) in [6.07, 6.45) is 1.65. The first-order valence-corrected chi connectivity index (χ1v) is 11.8. The highest BCUT2D eigenvalue weighted by atomic mass is 35.5. The Kier molecular flexibility index (Phi) is 7.18. The summed E-state index contributed by atoms with van der Waals surface area (Å²) in [6.45, 7) is 3.62. The molecular weight excluding hydrogens is 474 g/mol. The number of hydrogen-bond acceptors (Lipinski definition) is 3. The molecule has 0 spiro atoms. The Balaban J connectivity index is 1.58. The molecular formula is C23H26Cl3FN4O. The Morgan fingerprint density at radius 2 is 1.66 bits per heavy atom. The first-order valence-electron chi connectivity index (χ1n) is 10.7. The van der Waals surface area contributed by atoms with Crippen LogP contribution in [0, 0.1) is 5.82 Å². The zero-order valence-electron chi connectivity index (χ0n) is 18.1. The van der Waals surface area contributed by atoms with E-state index < -0.39 is 0 Å². The van der Waals surface area contributed by atoms with E-state index in [2.05, 4.69) is 4.90 Å². The monoisotopic (exact) mass is 498 g/mol. The van der Waals surface area contributed by atoms with E-state index in [4.69, 9.17) is 34.8 Å². The van der Waals surface area contributed by atoms with Crippen molar-refractivity contribution < 1.29 is 4.39 Å². The van der Waals surface area contributed by atoms with Crippen LogP contribution in [0.5, 0.6) is 0 Å². The SMILES string of the molecule is CN(C)CCn1c(=O)n(C2CCN(Cc3ccc(F)cc3Cl)CC2)c2cc(Cl)c(Cl)cc21. The first kappa shape index (κ1) is 23.6. The minimum Gasteiger partial charge on any atom is -0.308 e. The highest BCUT2D eigenvalue weighted by molar-refractivity contribution is 6.42. The molecule has 0 saturated carbocycles. The molecule has 0 amide bonds. The second-order valence-electron chi connectivity index (χ2n) is 8.61. The van der Waals surface area contributed by atoms with Crippen LogP contribution < -0.4 is 5.69 Å². The van der Waals surface area contributed by atoms with Gasteiger partial charge in [-0.15, -0.1) is 0 Å². The van der Waals surface area contributed by atoms with Gasteiger partial charge in [0.2, 0.25) is 0 Å². The number of rotatable bonds is 6. The molecule has 1 saturated heterocycles. The summed E-state index contributed by atoms with van der Waals surface area (Å²) in [5, 5.41) is 1.33. The molecule has 32 heavy (non-hydrogen) atoms. The van der Waals surface area contributed by atoms with Crippen LogP contribution in [0.3, 0.4) is 0 Å². The van der Waals surface area contributed by atoms with Crippen molar-refractivity contribution in [1.29, 1.82) is 0 Å². The van der Waals surface area contributed by atoms with Gasteiger partial charge in [0, 0.05) is 43.8 Å². The molecule has 0 radical (unpaired) electrons. The van der Waals surface area contributed by atoms with Gasteiger partial charge in [-0.25, -0.2) is 9.18 Å². The molecule has 0 N–H and O–H groups in total. The molecule has 3 aromatic rings. The van der Waals surface area contributed by atoms with Crippen molar-refractivity contribution >= 4 is 45.8 Å². The largest absolute Gasteiger partial charge is 0.329 e. The summed E-state index contributed by atoms with van der Waals surface area (Å²) >= 11 is 18.8. The Morgan fingerprint density at radius 3 is 2.28 bits per heavy atom. The van der Waals surface area contributed by atoms with Crippen LogP contribution in [0.25, 0.3) is 11.0 Å². The van der Waals surface area contributed by atoms with Crippen LogP contribution in [-0.2, 0) is 13.1 Å². The normalized spacial score (nSPS) is 15.8. The van der Waals surface area contributed by atoms with Crippen LogP contribution in [-0.4, -0.2) is 52.7 Å². The minimum absolute atomic E-state index is 0.0276. The van der Waals surface area contributed by atoms with Crippen LogP contribution in [0.4, 0.5) is 4.39 Å². The number of hydrogen-bond donors (Lipinski definition) is 0. The number of likely N-dealkylation sites (tertiary alicyclic amines) is 1. The molecule has 9 heteroatoms. The minimum atomic E-state index is -0.332. The van der Waals surface area contributed by atoms with Gasteiger partial charge < -0.3 is 4.90 Å². The molecule has 0 bridgehead atoms. The zero-order chi connectivity index (χ0) is 23.0. The lowest BCUT2D eigenvalue weighted by atomic mass is 10.0. The lowest BCUT2D eigenvalue weighted by molar-refractivity contribution is 0.179. The lowest BCUT2D eigenvalue weighted by Gasteiger charge is -2.32. The Morgan fingerprint density at radius 1 is 1.00 bits per heavy atom. The van der Waals surface area contributed by atoms with E-state index >= 15 is 0 Å². The molecule has 2 aromatic carbocycles. The molecule has 0 aliphatic carbocycles. The molecule has 5 nitrogen and oxygen atoms in total. The molecule has 0 unspecified atom stereocenters. The summed E-state index contributed by atoms with van der Waals surface area (Å²) in [7, 11) is 3.97. The fourth-order valence-corrected chi connectivity index (χ4v) is 4.91. The predicted octanol–water partition coefficient (Wildman–Crippen LogP) is 5.30. The standard InChI is InChI=1S/C23H26Cl3FN4O/c1-28(2)9-10-30-21-12-19(25)20(26)13-22(21)31(23(30)32)17-5-7-29(8-6-17)14-15-3-4-16(27)11-18(15)24/h3-4,11-13,17H,5-10,14H2,1-2H3. The van der Waals surface area contributed by atoms with E-state index in [1.165, 1.54) is 12.1 Å². The molecule has 2 heterocycles. The van der Waals surface area contributed by atoms with Crippen molar-refractivity contribution in [2.24, 2.45) is 0 Å². The second kappa shape index (κ2) is 9.74. The summed E-state index contributed by atoms with van der Waals surface area (Å²) in [5.41, 5.74) is 2.51. The Labute approximate surface area is 201 Å². The maximum atomic E-state index is 13.4. The lowest BCUT2D eigenvalue weighted by Crippen LogP contribution is -2.38. The number of imidazole rings is 1. The highest BCUT2D eigenvalue weighted by Gasteiger charge is 2.26. The fourth-order valence-electron chi connectivity index (χ4n) is 4.37. The Bertz CT molecular complexity index is 1180. The van der Waals surface area contributed by atoms with Gasteiger partial charge in [-0.2, -0.15) is 0 Å². The van der Waals surface area contributed by atoms with Crippen molar-refractivity contribution in [3.8, 4) is 0 Å². The topological polar surface area (TPSA) is 33.4 Å². The summed E-state index contributed by atoms with van der Waals surface area (Å²) < 4.78 is 17.0. The third-order valence-electron chi connectivity index (χ3n) is 6.11. The number of nitrogens with zero attached hydrogens (tertiary/aromatic N) is 4. The number of likely N-dealkylation sites (N-methyl/N-ethyl adjacent to an activating group) is 1. The van der Waals surface area contributed by atoms with Crippen molar-refractivity contribution in [3.05, 3.63) is 67.3 Å². The van der Waals surface area contributed by atoms with Gasteiger partial charge in [0.25, 0.3) is 0 Å². The zero-order valence-corrected chi connectivity index (χ0v) is 20.4.